The zero-order valence-electron chi connectivity index (χ0n) is 14.9. The molecule has 2 aromatic carbocycles. The van der Waals surface area contributed by atoms with Gasteiger partial charge < -0.3 is 14.6 Å². The molecule has 0 aliphatic carbocycles. The molecule has 8 nitrogen and oxygen atoms in total. The Morgan fingerprint density at radius 3 is 2.43 bits per heavy atom. The second kappa shape index (κ2) is 7.73. The molecule has 1 saturated heterocycles. The molecule has 2 N–H and O–H groups in total. The highest BCUT2D eigenvalue weighted by Gasteiger charge is 2.38. The fraction of sp³-hybridized carbons (Fsp3) is 0.105. The lowest BCUT2D eigenvalue weighted by Gasteiger charge is -2.27. The van der Waals surface area contributed by atoms with Crippen LogP contribution in [0.25, 0.3) is 6.08 Å². The van der Waals surface area contributed by atoms with E-state index in [4.69, 9.17) is 9.47 Å². The molecule has 0 unspecified atom stereocenters. The van der Waals surface area contributed by atoms with E-state index in [1.807, 2.05) is 0 Å². The van der Waals surface area contributed by atoms with Crippen molar-refractivity contribution in [2.75, 3.05) is 19.1 Å². The first-order valence-corrected chi connectivity index (χ1v) is 8.77. The number of rotatable bonds is 4. The first-order valence-electron chi connectivity index (χ1n) is 7.98. The van der Waals surface area contributed by atoms with Gasteiger partial charge in [-0.15, -0.1) is 0 Å². The van der Waals surface area contributed by atoms with Crippen molar-refractivity contribution in [2.24, 2.45) is 0 Å². The molecule has 1 aliphatic heterocycles. The van der Waals surface area contributed by atoms with E-state index in [9.17, 15) is 19.5 Å². The molecule has 0 spiro atoms. The van der Waals surface area contributed by atoms with Crippen molar-refractivity contribution >= 4 is 45.5 Å². The summed E-state index contributed by atoms with van der Waals surface area (Å²) in [6.45, 7) is 0. The van der Waals surface area contributed by atoms with Crippen LogP contribution in [0.5, 0.6) is 17.2 Å². The van der Waals surface area contributed by atoms with Crippen LogP contribution in [0.1, 0.15) is 5.56 Å². The minimum absolute atomic E-state index is 0.116. The molecule has 28 heavy (non-hydrogen) atoms. The normalized spacial score (nSPS) is 15.6. The van der Waals surface area contributed by atoms with Gasteiger partial charge in [0, 0.05) is 0 Å². The predicted molar refractivity (Wildman–Crippen MR) is 104 cm³/mol. The van der Waals surface area contributed by atoms with Crippen LogP contribution in [-0.4, -0.2) is 37.2 Å². The third kappa shape index (κ3) is 3.44. The van der Waals surface area contributed by atoms with Crippen LogP contribution >= 0.6 is 15.9 Å². The van der Waals surface area contributed by atoms with E-state index in [0.717, 1.165) is 4.90 Å². The Morgan fingerprint density at radius 1 is 1.07 bits per heavy atom. The third-order valence-electron chi connectivity index (χ3n) is 4.01. The lowest BCUT2D eigenvalue weighted by molar-refractivity contribution is -0.122. The molecule has 3 rings (SSSR count). The maximum Gasteiger partial charge on any atom is 0.336 e. The summed E-state index contributed by atoms with van der Waals surface area (Å²) in [6.07, 6.45) is 1.30. The third-order valence-corrected chi connectivity index (χ3v) is 4.61. The number of urea groups is 1. The molecule has 2 aromatic rings. The van der Waals surface area contributed by atoms with Crippen molar-refractivity contribution in [2.45, 2.75) is 0 Å². The van der Waals surface area contributed by atoms with Gasteiger partial charge in [0.1, 0.15) is 11.3 Å². The fourth-order valence-corrected chi connectivity index (χ4v) is 3.15. The van der Waals surface area contributed by atoms with Gasteiger partial charge in [-0.05, 0) is 51.8 Å². The van der Waals surface area contributed by atoms with Gasteiger partial charge in [-0.3, -0.25) is 14.9 Å². The number of aromatic hydroxyl groups is 1. The summed E-state index contributed by atoms with van der Waals surface area (Å²) in [4.78, 5) is 38.4. The second-order valence-corrected chi connectivity index (χ2v) is 6.54. The Hall–Kier alpha value is -3.33. The number of barbiturate groups is 1. The van der Waals surface area contributed by atoms with Gasteiger partial charge in [-0.2, -0.15) is 0 Å². The molecular formula is C19H15BrN2O6. The number of phenols is 1. The summed E-state index contributed by atoms with van der Waals surface area (Å²) < 4.78 is 10.6. The molecule has 0 aromatic heterocycles. The monoisotopic (exact) mass is 446 g/mol. The summed E-state index contributed by atoms with van der Waals surface area (Å²) >= 11 is 3.18. The first kappa shape index (κ1) is 19.4. The minimum atomic E-state index is -0.874. The number of halogens is 1. The number of phenolic OH excluding ortho intramolecular Hbond substituents is 1. The zero-order chi connectivity index (χ0) is 20.4. The lowest BCUT2D eigenvalue weighted by Crippen LogP contribution is -2.54. The first-order chi connectivity index (χ1) is 13.4. The van der Waals surface area contributed by atoms with Crippen molar-refractivity contribution in [3.05, 3.63) is 52.0 Å². The predicted octanol–water partition coefficient (Wildman–Crippen LogP) is 2.84. The molecule has 1 heterocycles. The van der Waals surface area contributed by atoms with Gasteiger partial charge in [0.2, 0.25) is 0 Å². The number of amides is 4. The average Bonchev–Trinajstić information content (AvgIpc) is 2.67. The van der Waals surface area contributed by atoms with Crippen LogP contribution in [0.3, 0.4) is 0 Å². The molecule has 4 amide bonds. The number of imide groups is 2. The summed E-state index contributed by atoms with van der Waals surface area (Å²) in [6, 6.07) is 8.55. The highest BCUT2D eigenvalue weighted by Crippen LogP contribution is 2.36. The topological polar surface area (TPSA) is 105 Å². The summed E-state index contributed by atoms with van der Waals surface area (Å²) in [5, 5.41) is 12.1. The molecule has 144 valence electrons. The molecular weight excluding hydrogens is 432 g/mol. The second-order valence-electron chi connectivity index (χ2n) is 5.68. The highest BCUT2D eigenvalue weighted by atomic mass is 79.9. The van der Waals surface area contributed by atoms with Crippen LogP contribution in [-0.2, 0) is 9.59 Å². The van der Waals surface area contributed by atoms with Crippen LogP contribution in [0, 0.1) is 0 Å². The van der Waals surface area contributed by atoms with Gasteiger partial charge in [-0.1, -0.05) is 12.1 Å². The van der Waals surface area contributed by atoms with Crippen LogP contribution in [0.2, 0.25) is 0 Å². The van der Waals surface area contributed by atoms with Gasteiger partial charge in [0.05, 0.1) is 24.4 Å². The fourth-order valence-electron chi connectivity index (χ4n) is 2.69. The Morgan fingerprint density at radius 2 is 1.75 bits per heavy atom. The number of anilines is 1. The largest absolute Gasteiger partial charge is 0.503 e. The number of benzene rings is 2. The number of nitrogens with one attached hydrogen (secondary N) is 1. The average molecular weight is 447 g/mol. The standard InChI is InChI=1S/C19H15BrN2O6/c1-27-14-6-4-3-5-13(14)22-18(25)11(17(24)21-19(22)26)7-10-8-12(20)16(23)15(9-10)28-2/h3-9,23H,1-2H3,(H,21,24,26). The maximum atomic E-state index is 13.0. The molecule has 9 heteroatoms. The van der Waals surface area contributed by atoms with Crippen LogP contribution in [0.15, 0.2) is 46.4 Å². The van der Waals surface area contributed by atoms with E-state index >= 15 is 0 Å². The van der Waals surface area contributed by atoms with E-state index in [1.165, 1.54) is 38.5 Å². The van der Waals surface area contributed by atoms with E-state index in [-0.39, 0.29) is 22.8 Å². The van der Waals surface area contributed by atoms with Gasteiger partial charge in [-0.25, -0.2) is 9.69 Å². The lowest BCUT2D eigenvalue weighted by atomic mass is 10.1. The Bertz CT molecular complexity index is 1020. The van der Waals surface area contributed by atoms with E-state index in [2.05, 4.69) is 21.2 Å². The van der Waals surface area contributed by atoms with E-state index in [0.29, 0.717) is 15.8 Å². The number of carbonyl (C=O) groups excluding carboxylic acids is 3. The Balaban J connectivity index is 2.08. The maximum absolute atomic E-state index is 13.0. The summed E-state index contributed by atoms with van der Waals surface area (Å²) in [5.41, 5.74) is 0.356. The van der Waals surface area contributed by atoms with Crippen LogP contribution < -0.4 is 19.7 Å². The van der Waals surface area contributed by atoms with Gasteiger partial charge in [0.15, 0.2) is 11.5 Å². The summed E-state index contributed by atoms with van der Waals surface area (Å²) in [7, 11) is 2.78. The minimum Gasteiger partial charge on any atom is -0.503 e. The number of nitrogens with zero attached hydrogens (tertiary/aromatic N) is 1. The number of hydrogen-bond acceptors (Lipinski definition) is 6. The number of ether oxygens (including phenoxy) is 2. The number of para-hydroxylation sites is 2. The van der Waals surface area contributed by atoms with Crippen molar-refractivity contribution < 1.29 is 29.0 Å². The number of carbonyl (C=O) groups is 3. The van der Waals surface area contributed by atoms with Gasteiger partial charge >= 0.3 is 6.03 Å². The molecule has 1 fully saturated rings. The highest BCUT2D eigenvalue weighted by molar-refractivity contribution is 9.10. The summed E-state index contributed by atoms with van der Waals surface area (Å²) in [5.74, 6) is -1.29. The molecule has 0 atom stereocenters. The van der Waals surface area contributed by atoms with Gasteiger partial charge in [0.25, 0.3) is 11.8 Å². The van der Waals surface area contributed by atoms with E-state index < -0.39 is 17.8 Å². The van der Waals surface area contributed by atoms with Crippen molar-refractivity contribution in [1.82, 2.24) is 5.32 Å². The van der Waals surface area contributed by atoms with E-state index in [1.54, 1.807) is 18.2 Å². The van der Waals surface area contributed by atoms with Crippen LogP contribution in [0.4, 0.5) is 10.5 Å². The molecule has 0 bridgehead atoms. The molecule has 1 aliphatic rings. The zero-order valence-corrected chi connectivity index (χ0v) is 16.4. The van der Waals surface area contributed by atoms with Crippen molar-refractivity contribution in [1.29, 1.82) is 0 Å². The molecule has 0 radical (unpaired) electrons. The number of hydrogen-bond donors (Lipinski definition) is 2. The molecule has 0 saturated carbocycles. The quantitative estimate of drug-likeness (QED) is 0.552. The SMILES string of the molecule is COc1ccccc1N1C(=O)NC(=O)C(=Cc2cc(Br)c(O)c(OC)c2)C1=O. The smallest absolute Gasteiger partial charge is 0.336 e. The van der Waals surface area contributed by atoms with Crippen molar-refractivity contribution in [3.63, 3.8) is 0 Å². The number of methoxy groups -OCH3 is 2. The Kier molecular flexibility index (Phi) is 5.36. The Labute approximate surface area is 168 Å². The van der Waals surface area contributed by atoms with Crippen molar-refractivity contribution in [3.8, 4) is 17.2 Å².